The number of benzene rings is 2. The Kier molecular flexibility index (Phi) is 8.36. The quantitative estimate of drug-likeness (QED) is 0.364. The van der Waals surface area contributed by atoms with E-state index in [4.69, 9.17) is 31.4 Å². The van der Waals surface area contributed by atoms with Gasteiger partial charge >= 0.3 is 5.97 Å². The highest BCUT2D eigenvalue weighted by Crippen LogP contribution is 2.43. The number of hydrogen-bond acceptors (Lipinski definition) is 8. The molecule has 2 heterocycles. The van der Waals surface area contributed by atoms with E-state index in [-0.39, 0.29) is 70.1 Å². The number of aromatic nitrogens is 1. The van der Waals surface area contributed by atoms with Crippen molar-refractivity contribution in [3.63, 3.8) is 0 Å². The summed E-state index contributed by atoms with van der Waals surface area (Å²) in [4.78, 5) is 14.7. The van der Waals surface area contributed by atoms with Gasteiger partial charge in [-0.25, -0.2) is 13.4 Å². The first-order valence-electron chi connectivity index (χ1n) is 11.8. The second-order valence-electron chi connectivity index (χ2n) is 8.61. The first-order chi connectivity index (χ1) is 18.7. The van der Waals surface area contributed by atoms with Crippen molar-refractivity contribution < 1.29 is 27.8 Å². The largest absolute Gasteiger partial charge is 0.492 e. The van der Waals surface area contributed by atoms with Crippen molar-refractivity contribution in [3.05, 3.63) is 70.5 Å². The Morgan fingerprint density at radius 1 is 1.21 bits per heavy atom. The summed E-state index contributed by atoms with van der Waals surface area (Å²) in [6.45, 7) is 0.0742. The standard InChI is InChI=1S/C27H23ClN4O6S/c1-37-24-8-9-32(23-6-3-2-5-19(23)24)39(35,36)26-12-20(21-16-31-18(15-30)11-17(21)14-29)22(28)13-25(26)38-10-4-7-27(33)34/h2-3,5-6,11-13,16,24H,4,7-10H2,1H3,(H,33,34). The van der Waals surface area contributed by atoms with Gasteiger partial charge < -0.3 is 14.6 Å². The molecule has 4 rings (SSSR count). The highest BCUT2D eigenvalue weighted by molar-refractivity contribution is 7.93. The zero-order chi connectivity index (χ0) is 28.2. The molecule has 0 saturated carbocycles. The molecule has 0 saturated heterocycles. The minimum atomic E-state index is -4.25. The minimum Gasteiger partial charge on any atom is -0.492 e. The number of fused-ring (bicyclic) bond motifs is 1. The number of aliphatic carboxylic acids is 1. The number of hydrogen-bond donors (Lipinski definition) is 1. The number of nitriles is 2. The van der Waals surface area contributed by atoms with E-state index < -0.39 is 16.0 Å². The summed E-state index contributed by atoms with van der Waals surface area (Å²) in [6.07, 6.45) is 1.42. The van der Waals surface area contributed by atoms with E-state index in [2.05, 4.69) is 4.98 Å². The average Bonchev–Trinajstić information content (AvgIpc) is 2.94. The van der Waals surface area contributed by atoms with Gasteiger partial charge in [0.05, 0.1) is 35.1 Å². The number of carbonyl (C=O) groups is 1. The van der Waals surface area contributed by atoms with Crippen molar-refractivity contribution in [3.8, 4) is 29.0 Å². The SMILES string of the molecule is COC1CCN(S(=O)(=O)c2cc(-c3cnc(C#N)cc3C#N)c(Cl)cc2OCCCC(=O)O)c2ccccc21. The lowest BCUT2D eigenvalue weighted by atomic mass is 10.0. The smallest absolute Gasteiger partial charge is 0.303 e. The van der Waals surface area contributed by atoms with E-state index in [9.17, 15) is 18.5 Å². The van der Waals surface area contributed by atoms with E-state index in [1.165, 1.54) is 28.7 Å². The highest BCUT2D eigenvalue weighted by Gasteiger charge is 2.35. The second kappa shape index (κ2) is 11.7. The Labute approximate surface area is 230 Å². The van der Waals surface area contributed by atoms with Gasteiger partial charge in [0.15, 0.2) is 0 Å². The number of carboxylic acids is 1. The van der Waals surface area contributed by atoms with Gasteiger partial charge in [-0.3, -0.25) is 9.10 Å². The van der Waals surface area contributed by atoms with Gasteiger partial charge in [-0.15, -0.1) is 0 Å². The van der Waals surface area contributed by atoms with Crippen molar-refractivity contribution in [1.82, 2.24) is 4.98 Å². The number of para-hydroxylation sites is 1. The molecule has 200 valence electrons. The normalized spacial score (nSPS) is 14.7. The molecule has 1 atom stereocenters. The Balaban J connectivity index is 1.87. The van der Waals surface area contributed by atoms with E-state index >= 15 is 0 Å². The summed E-state index contributed by atoms with van der Waals surface area (Å²) in [7, 11) is -2.68. The summed E-state index contributed by atoms with van der Waals surface area (Å²) in [5.74, 6) is -1.06. The van der Waals surface area contributed by atoms with Gasteiger partial charge in [0.1, 0.15) is 22.4 Å². The predicted octanol–water partition coefficient (Wildman–Crippen LogP) is 4.68. The summed E-state index contributed by atoms with van der Waals surface area (Å²) >= 11 is 6.56. The molecule has 1 unspecified atom stereocenters. The zero-order valence-corrected chi connectivity index (χ0v) is 22.4. The van der Waals surface area contributed by atoms with Crippen molar-refractivity contribution in [2.24, 2.45) is 0 Å². The molecule has 3 aromatic rings. The summed E-state index contributed by atoms with van der Waals surface area (Å²) < 4.78 is 41.0. The van der Waals surface area contributed by atoms with Crippen molar-refractivity contribution in [1.29, 1.82) is 10.5 Å². The van der Waals surface area contributed by atoms with Gasteiger partial charge in [-0.05, 0) is 31.0 Å². The van der Waals surface area contributed by atoms with Crippen LogP contribution in [0.5, 0.6) is 5.75 Å². The Bertz CT molecular complexity index is 1610. The number of anilines is 1. The number of halogens is 1. The van der Waals surface area contributed by atoms with Crippen LogP contribution in [0.3, 0.4) is 0 Å². The van der Waals surface area contributed by atoms with Crippen LogP contribution < -0.4 is 9.04 Å². The molecular weight excluding hydrogens is 544 g/mol. The number of rotatable bonds is 9. The van der Waals surface area contributed by atoms with Crippen LogP contribution in [-0.2, 0) is 19.6 Å². The van der Waals surface area contributed by atoms with Gasteiger partial charge in [0, 0.05) is 49.0 Å². The Morgan fingerprint density at radius 2 is 1.97 bits per heavy atom. The van der Waals surface area contributed by atoms with Crippen LogP contribution in [0.25, 0.3) is 11.1 Å². The molecule has 0 fully saturated rings. The Morgan fingerprint density at radius 3 is 2.67 bits per heavy atom. The fourth-order valence-electron chi connectivity index (χ4n) is 4.40. The average molecular weight is 567 g/mol. The summed E-state index contributed by atoms with van der Waals surface area (Å²) in [6, 6.07) is 14.9. The van der Waals surface area contributed by atoms with E-state index in [0.717, 1.165) is 5.56 Å². The highest BCUT2D eigenvalue weighted by atomic mass is 35.5. The third kappa shape index (κ3) is 5.66. The number of pyridine rings is 1. The van der Waals surface area contributed by atoms with E-state index in [1.807, 2.05) is 18.2 Å². The molecule has 0 amide bonds. The van der Waals surface area contributed by atoms with Crippen LogP contribution in [0.4, 0.5) is 5.69 Å². The molecule has 1 aliphatic heterocycles. The molecule has 2 aromatic carbocycles. The van der Waals surface area contributed by atoms with Crippen molar-refractivity contribution in [2.75, 3.05) is 24.6 Å². The fraction of sp³-hybridized carbons (Fsp3) is 0.259. The topological polar surface area (TPSA) is 154 Å². The van der Waals surface area contributed by atoms with Crippen LogP contribution in [0.1, 0.15) is 42.2 Å². The number of nitrogens with zero attached hydrogens (tertiary/aromatic N) is 4. The third-order valence-corrected chi connectivity index (χ3v) is 8.40. The Hall–Kier alpha value is -4.16. The van der Waals surface area contributed by atoms with E-state index in [0.29, 0.717) is 12.1 Å². The molecule has 10 nitrogen and oxygen atoms in total. The first-order valence-corrected chi connectivity index (χ1v) is 13.7. The monoisotopic (exact) mass is 566 g/mol. The maximum Gasteiger partial charge on any atom is 0.303 e. The molecule has 1 aromatic heterocycles. The lowest BCUT2D eigenvalue weighted by molar-refractivity contribution is -0.137. The van der Waals surface area contributed by atoms with E-state index in [1.54, 1.807) is 25.3 Å². The molecule has 12 heteroatoms. The van der Waals surface area contributed by atoms with Crippen molar-refractivity contribution in [2.45, 2.75) is 30.3 Å². The van der Waals surface area contributed by atoms with Crippen molar-refractivity contribution >= 4 is 33.3 Å². The molecular formula is C27H23ClN4O6S. The van der Waals surface area contributed by atoms with Gasteiger partial charge in [0.25, 0.3) is 10.0 Å². The molecule has 1 N–H and O–H groups in total. The van der Waals surface area contributed by atoms with Crippen LogP contribution >= 0.6 is 11.6 Å². The number of ether oxygens (including phenoxy) is 2. The third-order valence-electron chi connectivity index (χ3n) is 6.25. The van der Waals surface area contributed by atoms with Gasteiger partial charge in [0.2, 0.25) is 0 Å². The number of carboxylic acid groups (broad SMARTS) is 1. The van der Waals surface area contributed by atoms with Crippen LogP contribution in [0, 0.1) is 22.7 Å². The molecule has 0 aliphatic carbocycles. The minimum absolute atomic E-state index is 0.0234. The zero-order valence-electron chi connectivity index (χ0n) is 20.8. The van der Waals surface area contributed by atoms with Crippen LogP contribution in [-0.4, -0.2) is 44.7 Å². The lowest BCUT2D eigenvalue weighted by Crippen LogP contribution is -2.37. The van der Waals surface area contributed by atoms with Gasteiger partial charge in [-0.2, -0.15) is 10.5 Å². The fourth-order valence-corrected chi connectivity index (χ4v) is 6.30. The number of methoxy groups -OCH3 is 1. The molecule has 0 spiro atoms. The molecule has 1 aliphatic rings. The summed E-state index contributed by atoms with van der Waals surface area (Å²) in [5, 5.41) is 27.9. The lowest BCUT2D eigenvalue weighted by Gasteiger charge is -2.34. The van der Waals surface area contributed by atoms with Crippen LogP contribution in [0.2, 0.25) is 5.02 Å². The first kappa shape index (κ1) is 27.9. The molecule has 0 radical (unpaired) electrons. The van der Waals surface area contributed by atoms with Crippen LogP contribution in [0.15, 0.2) is 53.6 Å². The second-order valence-corrected chi connectivity index (χ2v) is 10.9. The maximum atomic E-state index is 14.2. The molecule has 0 bridgehead atoms. The predicted molar refractivity (Wildman–Crippen MR) is 142 cm³/mol. The number of sulfonamides is 1. The summed E-state index contributed by atoms with van der Waals surface area (Å²) in [5.41, 5.74) is 1.75. The van der Waals surface area contributed by atoms with Gasteiger partial charge in [-0.1, -0.05) is 29.8 Å². The molecule has 39 heavy (non-hydrogen) atoms. The maximum absolute atomic E-state index is 14.2.